The Bertz CT molecular complexity index is 507. The van der Waals surface area contributed by atoms with Gasteiger partial charge < -0.3 is 14.8 Å². The zero-order chi connectivity index (χ0) is 19.5. The molecule has 5 heteroatoms. The minimum absolute atomic E-state index is 0. The summed E-state index contributed by atoms with van der Waals surface area (Å²) in [7, 11) is 0. The van der Waals surface area contributed by atoms with Gasteiger partial charge in [0, 0.05) is 7.34 Å². The summed E-state index contributed by atoms with van der Waals surface area (Å²) in [6, 6.07) is -0.763. The predicted octanol–water partition coefficient (Wildman–Crippen LogP) is 4.85. The number of ether oxygens (including phenoxy) is 2. The van der Waals surface area contributed by atoms with Gasteiger partial charge in [0.25, 0.3) is 0 Å². The molecule has 1 rings (SSSR count). The highest BCUT2D eigenvalue weighted by atomic mass is 16.6. The second kappa shape index (κ2) is 7.79. The van der Waals surface area contributed by atoms with E-state index in [0.29, 0.717) is 5.92 Å². The van der Waals surface area contributed by atoms with Crippen LogP contribution in [0.15, 0.2) is 12.7 Å². The molecule has 0 aromatic rings. The van der Waals surface area contributed by atoms with Crippen LogP contribution in [0.2, 0.25) is 0 Å². The summed E-state index contributed by atoms with van der Waals surface area (Å²) < 4.78 is 11.1. The SMILES string of the molecule is C=CCCC[C@H]1C[C@]1(C)OC(=O)N[C@H](C(=O)OC(C)(C)C)C(C)(C)C.[HH]. The van der Waals surface area contributed by atoms with Crippen molar-refractivity contribution in [1.82, 2.24) is 5.32 Å². The van der Waals surface area contributed by atoms with Gasteiger partial charge in [-0.2, -0.15) is 0 Å². The van der Waals surface area contributed by atoms with E-state index in [-0.39, 0.29) is 1.43 Å². The lowest BCUT2D eigenvalue weighted by molar-refractivity contribution is -0.160. The quantitative estimate of drug-likeness (QED) is 0.403. The number of hydrogen-bond acceptors (Lipinski definition) is 4. The van der Waals surface area contributed by atoms with Gasteiger partial charge in [-0.05, 0) is 58.8 Å². The molecular formula is C20H37NO4. The zero-order valence-corrected chi connectivity index (χ0v) is 16.9. The van der Waals surface area contributed by atoms with Gasteiger partial charge in [0.05, 0.1) is 0 Å². The molecule has 0 saturated heterocycles. The average Bonchev–Trinajstić information content (AvgIpc) is 3.02. The molecule has 5 nitrogen and oxygen atoms in total. The monoisotopic (exact) mass is 355 g/mol. The van der Waals surface area contributed by atoms with Crippen LogP contribution in [-0.2, 0) is 14.3 Å². The van der Waals surface area contributed by atoms with Gasteiger partial charge in [-0.1, -0.05) is 26.8 Å². The molecule has 0 spiro atoms. The second-order valence-corrected chi connectivity index (χ2v) is 9.30. The minimum Gasteiger partial charge on any atom is -0.458 e. The molecule has 0 radical (unpaired) electrons. The standard InChI is InChI=1S/C20H35NO4.H2/c1-9-10-11-12-14-13-20(14,8)25-17(23)21-15(18(2,3)4)16(22)24-19(5,6)7;/h9,14-15H,1,10-13H2,2-8H3,(H,21,23);1H/t14-,15+,20-;/m0./s1. The highest BCUT2D eigenvalue weighted by molar-refractivity contribution is 5.82. The fraction of sp³-hybridized carbons (Fsp3) is 0.800. The number of allylic oxidation sites excluding steroid dienone is 1. The number of hydrogen-bond donors (Lipinski definition) is 1. The van der Waals surface area contributed by atoms with Gasteiger partial charge in [0.1, 0.15) is 17.2 Å². The normalized spacial score (nSPS) is 24.2. The van der Waals surface area contributed by atoms with Crippen molar-refractivity contribution in [1.29, 1.82) is 0 Å². The third-order valence-corrected chi connectivity index (χ3v) is 4.41. The predicted molar refractivity (Wildman–Crippen MR) is 101 cm³/mol. The Morgan fingerprint density at radius 1 is 1.32 bits per heavy atom. The van der Waals surface area contributed by atoms with Crippen LogP contribution in [0.4, 0.5) is 4.79 Å². The molecule has 0 aromatic carbocycles. The summed E-state index contributed by atoms with van der Waals surface area (Å²) in [4.78, 5) is 24.8. The van der Waals surface area contributed by atoms with Crippen LogP contribution in [0.1, 0.15) is 75.6 Å². The Morgan fingerprint density at radius 3 is 2.40 bits per heavy atom. The van der Waals surface area contributed by atoms with E-state index in [1.807, 2.05) is 54.5 Å². The number of nitrogens with one attached hydrogen (secondary N) is 1. The summed E-state index contributed by atoms with van der Waals surface area (Å²) in [6.45, 7) is 16.8. The molecule has 0 aliphatic heterocycles. The first-order chi connectivity index (χ1) is 11.3. The first-order valence-corrected chi connectivity index (χ1v) is 9.12. The highest BCUT2D eigenvalue weighted by Crippen LogP contribution is 2.49. The third-order valence-electron chi connectivity index (χ3n) is 4.41. The van der Waals surface area contributed by atoms with Crippen molar-refractivity contribution < 1.29 is 20.5 Å². The van der Waals surface area contributed by atoms with Crippen LogP contribution >= 0.6 is 0 Å². The molecule has 3 atom stereocenters. The van der Waals surface area contributed by atoms with E-state index in [4.69, 9.17) is 9.47 Å². The van der Waals surface area contributed by atoms with Gasteiger partial charge in [-0.25, -0.2) is 9.59 Å². The molecule has 0 unspecified atom stereocenters. The lowest BCUT2D eigenvalue weighted by Gasteiger charge is -2.32. The molecule has 1 aliphatic carbocycles. The number of esters is 1. The van der Waals surface area contributed by atoms with E-state index in [0.717, 1.165) is 25.7 Å². The maximum absolute atomic E-state index is 12.5. The lowest BCUT2D eigenvalue weighted by Crippen LogP contribution is -2.52. The fourth-order valence-corrected chi connectivity index (χ4v) is 2.82. The molecule has 1 aliphatic rings. The molecule has 0 bridgehead atoms. The van der Waals surface area contributed by atoms with Crippen LogP contribution in [-0.4, -0.2) is 29.3 Å². The molecule has 25 heavy (non-hydrogen) atoms. The largest absolute Gasteiger partial charge is 0.458 e. The fourth-order valence-electron chi connectivity index (χ4n) is 2.82. The topological polar surface area (TPSA) is 64.6 Å². The Labute approximate surface area is 154 Å². The summed E-state index contributed by atoms with van der Waals surface area (Å²) in [5, 5.41) is 2.71. The maximum Gasteiger partial charge on any atom is 0.408 e. The average molecular weight is 356 g/mol. The minimum atomic E-state index is -0.763. The summed E-state index contributed by atoms with van der Waals surface area (Å²) in [5.74, 6) is -0.0618. The lowest BCUT2D eigenvalue weighted by atomic mass is 9.86. The van der Waals surface area contributed by atoms with E-state index < -0.39 is 34.7 Å². The molecule has 0 aromatic heterocycles. The van der Waals surface area contributed by atoms with Crippen molar-refractivity contribution in [3.05, 3.63) is 12.7 Å². The van der Waals surface area contributed by atoms with E-state index in [1.54, 1.807) is 0 Å². The molecule has 0 heterocycles. The van der Waals surface area contributed by atoms with Crippen LogP contribution < -0.4 is 5.32 Å². The Balaban J connectivity index is 0.00000625. The summed E-state index contributed by atoms with van der Waals surface area (Å²) in [5.41, 5.74) is -1.51. The molecular weight excluding hydrogens is 318 g/mol. The van der Waals surface area contributed by atoms with Crippen molar-refractivity contribution in [2.24, 2.45) is 11.3 Å². The number of alkyl carbamates (subject to hydrolysis) is 1. The van der Waals surface area contributed by atoms with Crippen molar-refractivity contribution in [2.75, 3.05) is 0 Å². The third kappa shape index (κ3) is 7.09. The van der Waals surface area contributed by atoms with Crippen molar-refractivity contribution in [3.8, 4) is 0 Å². The molecule has 1 amide bonds. The van der Waals surface area contributed by atoms with Crippen LogP contribution in [0.25, 0.3) is 0 Å². The van der Waals surface area contributed by atoms with Gasteiger partial charge in [0.15, 0.2) is 0 Å². The first kappa shape index (κ1) is 21.5. The number of unbranched alkanes of at least 4 members (excludes halogenated alkanes) is 1. The number of amides is 1. The van der Waals surface area contributed by atoms with Crippen molar-refractivity contribution in [3.63, 3.8) is 0 Å². The van der Waals surface area contributed by atoms with Crippen molar-refractivity contribution >= 4 is 12.1 Å². The maximum atomic E-state index is 12.5. The molecule has 1 saturated carbocycles. The summed E-state index contributed by atoms with van der Waals surface area (Å²) in [6.07, 6.45) is 5.26. The van der Waals surface area contributed by atoms with E-state index in [1.165, 1.54) is 0 Å². The molecule has 1 N–H and O–H groups in total. The Kier molecular flexibility index (Phi) is 6.71. The number of rotatable bonds is 7. The van der Waals surface area contributed by atoms with Crippen molar-refractivity contribution in [2.45, 2.75) is 91.4 Å². The molecule has 146 valence electrons. The number of carbonyl (C=O) groups is 2. The zero-order valence-electron chi connectivity index (χ0n) is 16.9. The van der Waals surface area contributed by atoms with E-state index in [9.17, 15) is 9.59 Å². The van der Waals surface area contributed by atoms with Crippen LogP contribution in [0.5, 0.6) is 0 Å². The smallest absolute Gasteiger partial charge is 0.408 e. The van der Waals surface area contributed by atoms with Gasteiger partial charge >= 0.3 is 12.1 Å². The first-order valence-electron chi connectivity index (χ1n) is 9.12. The Morgan fingerprint density at radius 2 is 1.92 bits per heavy atom. The van der Waals surface area contributed by atoms with Crippen LogP contribution in [0, 0.1) is 11.3 Å². The highest BCUT2D eigenvalue weighted by Gasteiger charge is 2.53. The summed E-state index contributed by atoms with van der Waals surface area (Å²) >= 11 is 0. The van der Waals surface area contributed by atoms with E-state index in [2.05, 4.69) is 11.9 Å². The van der Waals surface area contributed by atoms with Crippen LogP contribution in [0.3, 0.4) is 0 Å². The van der Waals surface area contributed by atoms with Gasteiger partial charge in [-0.3, -0.25) is 0 Å². The van der Waals surface area contributed by atoms with Gasteiger partial charge in [0.2, 0.25) is 0 Å². The Hall–Kier alpha value is -1.52. The second-order valence-electron chi connectivity index (χ2n) is 9.30. The molecule has 1 fully saturated rings. The number of carbonyl (C=O) groups excluding carboxylic acids is 2. The van der Waals surface area contributed by atoms with E-state index >= 15 is 0 Å². The van der Waals surface area contributed by atoms with Gasteiger partial charge in [-0.15, -0.1) is 6.58 Å².